The van der Waals surface area contributed by atoms with E-state index in [9.17, 15) is 10.1 Å². The minimum Gasteiger partial charge on any atom is -0.364 e. The number of nitrogens with zero attached hydrogens (tertiary/aromatic N) is 4. The third-order valence-electron chi connectivity index (χ3n) is 2.63. The molecule has 2 rings (SSSR count). The largest absolute Gasteiger partial charge is 0.364 e. The third-order valence-corrected chi connectivity index (χ3v) is 2.63. The van der Waals surface area contributed by atoms with Crippen LogP contribution in [0, 0.1) is 10.1 Å². The van der Waals surface area contributed by atoms with Gasteiger partial charge < -0.3 is 10.7 Å². The molecule has 0 aliphatic carbocycles. The molecule has 9 nitrogen and oxygen atoms in total. The van der Waals surface area contributed by atoms with Gasteiger partial charge in [-0.3, -0.25) is 14.8 Å². The van der Waals surface area contributed by atoms with E-state index < -0.39 is 4.92 Å². The smallest absolute Gasteiger partial charge is 0.311 e. The minimum absolute atomic E-state index is 0.0805. The standard InChI is InChI=1S/C11H15N7O2/c12-16-10-4-3-9(18(19)20)11(15-10)13-5-1-7-17-8-2-6-14-17/h2-4,6,8H,1,5,7,12H2,(H2,13,15,16). The zero-order valence-electron chi connectivity index (χ0n) is 10.7. The molecule has 0 bridgehead atoms. The van der Waals surface area contributed by atoms with Gasteiger partial charge in [0.25, 0.3) is 0 Å². The Morgan fingerprint density at radius 2 is 2.30 bits per heavy atom. The number of nitrogens with one attached hydrogen (secondary N) is 2. The maximum atomic E-state index is 10.9. The van der Waals surface area contributed by atoms with Crippen LogP contribution in [0.1, 0.15) is 6.42 Å². The van der Waals surface area contributed by atoms with Crippen LogP contribution in [0.3, 0.4) is 0 Å². The average Bonchev–Trinajstić information content (AvgIpc) is 2.96. The van der Waals surface area contributed by atoms with Crippen molar-refractivity contribution < 1.29 is 4.92 Å². The van der Waals surface area contributed by atoms with E-state index in [1.807, 2.05) is 12.3 Å². The van der Waals surface area contributed by atoms with E-state index in [-0.39, 0.29) is 11.5 Å². The molecule has 0 spiro atoms. The zero-order chi connectivity index (χ0) is 14.4. The lowest BCUT2D eigenvalue weighted by Gasteiger charge is -2.08. The van der Waals surface area contributed by atoms with Gasteiger partial charge in [0.1, 0.15) is 5.82 Å². The van der Waals surface area contributed by atoms with Crippen molar-refractivity contribution in [3.8, 4) is 0 Å². The van der Waals surface area contributed by atoms with Crippen molar-refractivity contribution in [2.45, 2.75) is 13.0 Å². The number of nitrogen functional groups attached to an aromatic ring is 1. The van der Waals surface area contributed by atoms with Crippen LogP contribution < -0.4 is 16.6 Å². The zero-order valence-corrected chi connectivity index (χ0v) is 10.7. The first-order valence-electron chi connectivity index (χ1n) is 6.04. The molecule has 2 aromatic rings. The summed E-state index contributed by atoms with van der Waals surface area (Å²) < 4.78 is 1.79. The molecule has 0 saturated carbocycles. The van der Waals surface area contributed by atoms with Crippen LogP contribution in [0.25, 0.3) is 0 Å². The third kappa shape index (κ3) is 3.42. The molecule has 20 heavy (non-hydrogen) atoms. The van der Waals surface area contributed by atoms with Crippen LogP contribution in [-0.4, -0.2) is 26.2 Å². The lowest BCUT2D eigenvalue weighted by Crippen LogP contribution is -2.13. The highest BCUT2D eigenvalue weighted by Crippen LogP contribution is 2.23. The number of hydrogen-bond acceptors (Lipinski definition) is 7. The fourth-order valence-electron chi connectivity index (χ4n) is 1.69. The average molecular weight is 277 g/mol. The van der Waals surface area contributed by atoms with Gasteiger partial charge in [0.15, 0.2) is 0 Å². The Bertz CT molecular complexity index is 570. The molecule has 0 saturated heterocycles. The van der Waals surface area contributed by atoms with E-state index in [2.05, 4.69) is 20.8 Å². The SMILES string of the molecule is NNc1ccc([N+](=O)[O-])c(NCCCn2cccn2)n1. The Morgan fingerprint density at radius 1 is 1.45 bits per heavy atom. The minimum atomic E-state index is -0.483. The summed E-state index contributed by atoms with van der Waals surface area (Å²) in [4.78, 5) is 14.5. The molecule has 9 heteroatoms. The van der Waals surface area contributed by atoms with E-state index in [0.29, 0.717) is 12.4 Å². The van der Waals surface area contributed by atoms with Crippen molar-refractivity contribution in [2.24, 2.45) is 5.84 Å². The Kier molecular flexibility index (Phi) is 4.45. The van der Waals surface area contributed by atoms with Crippen molar-refractivity contribution in [1.29, 1.82) is 0 Å². The van der Waals surface area contributed by atoms with Crippen LogP contribution in [0.2, 0.25) is 0 Å². The molecular formula is C11H15N7O2. The Balaban J connectivity index is 1.95. The van der Waals surface area contributed by atoms with E-state index in [1.54, 1.807) is 10.9 Å². The summed E-state index contributed by atoms with van der Waals surface area (Å²) >= 11 is 0. The number of nitrogens with two attached hydrogens (primary N) is 1. The number of anilines is 2. The van der Waals surface area contributed by atoms with Gasteiger partial charge in [-0.25, -0.2) is 10.8 Å². The maximum absolute atomic E-state index is 10.9. The summed E-state index contributed by atoms with van der Waals surface area (Å²) in [5.74, 6) is 5.81. The molecule has 0 amide bonds. The van der Waals surface area contributed by atoms with Crippen LogP contribution in [0.5, 0.6) is 0 Å². The molecule has 0 radical (unpaired) electrons. The van der Waals surface area contributed by atoms with Gasteiger partial charge in [0.05, 0.1) is 4.92 Å². The number of aryl methyl sites for hydroxylation is 1. The lowest BCUT2D eigenvalue weighted by atomic mass is 10.3. The molecule has 0 atom stereocenters. The van der Waals surface area contributed by atoms with Gasteiger partial charge >= 0.3 is 5.69 Å². The van der Waals surface area contributed by atoms with Crippen LogP contribution in [0.15, 0.2) is 30.6 Å². The second-order valence-corrected chi connectivity index (χ2v) is 4.02. The summed E-state index contributed by atoms with van der Waals surface area (Å²) in [5.41, 5.74) is 2.28. The predicted molar refractivity (Wildman–Crippen MR) is 74.0 cm³/mol. The molecule has 0 fully saturated rings. The van der Waals surface area contributed by atoms with E-state index in [4.69, 9.17) is 5.84 Å². The molecule has 4 N–H and O–H groups in total. The summed E-state index contributed by atoms with van der Waals surface area (Å²) in [6.45, 7) is 1.27. The first-order valence-corrected chi connectivity index (χ1v) is 6.04. The molecule has 0 aromatic carbocycles. The molecule has 0 unspecified atom stereocenters. The van der Waals surface area contributed by atoms with Gasteiger partial charge in [0, 0.05) is 31.5 Å². The van der Waals surface area contributed by atoms with E-state index in [0.717, 1.165) is 13.0 Å². The predicted octanol–water partition coefficient (Wildman–Crippen LogP) is 0.974. The first kappa shape index (κ1) is 13.7. The van der Waals surface area contributed by atoms with Crippen molar-refractivity contribution in [2.75, 3.05) is 17.3 Å². The highest BCUT2D eigenvalue weighted by atomic mass is 16.6. The summed E-state index contributed by atoms with van der Waals surface area (Å²) in [7, 11) is 0. The molecule has 0 aliphatic heterocycles. The van der Waals surface area contributed by atoms with Gasteiger partial charge in [-0.1, -0.05) is 0 Å². The highest BCUT2D eigenvalue weighted by molar-refractivity contribution is 5.59. The van der Waals surface area contributed by atoms with Crippen molar-refractivity contribution in [1.82, 2.24) is 14.8 Å². The maximum Gasteiger partial charge on any atom is 0.311 e. The summed E-state index contributed by atoms with van der Waals surface area (Å²) in [6, 6.07) is 4.65. The van der Waals surface area contributed by atoms with Crippen molar-refractivity contribution >= 4 is 17.3 Å². The lowest BCUT2D eigenvalue weighted by molar-refractivity contribution is -0.384. The number of nitro groups is 1. The topological polar surface area (TPSA) is 124 Å². The summed E-state index contributed by atoms with van der Waals surface area (Å²) in [6.07, 6.45) is 4.33. The molecule has 2 heterocycles. The van der Waals surface area contributed by atoms with Gasteiger partial charge in [0.2, 0.25) is 5.82 Å². The number of rotatable bonds is 7. The number of aromatic nitrogens is 3. The number of hydrogen-bond donors (Lipinski definition) is 3. The van der Waals surface area contributed by atoms with Crippen molar-refractivity contribution in [3.63, 3.8) is 0 Å². The number of pyridine rings is 1. The summed E-state index contributed by atoms with van der Waals surface area (Å²) in [5, 5.41) is 17.9. The molecule has 106 valence electrons. The van der Waals surface area contributed by atoms with Crippen LogP contribution in [0.4, 0.5) is 17.3 Å². The van der Waals surface area contributed by atoms with Gasteiger partial charge in [-0.2, -0.15) is 5.10 Å². The van der Waals surface area contributed by atoms with Crippen molar-refractivity contribution in [3.05, 3.63) is 40.7 Å². The number of hydrazine groups is 1. The fraction of sp³-hybridized carbons (Fsp3) is 0.273. The molecular weight excluding hydrogens is 262 g/mol. The second kappa shape index (κ2) is 6.48. The van der Waals surface area contributed by atoms with E-state index >= 15 is 0 Å². The van der Waals surface area contributed by atoms with Crippen LogP contribution in [-0.2, 0) is 6.54 Å². The van der Waals surface area contributed by atoms with Gasteiger partial charge in [-0.05, 0) is 18.6 Å². The van der Waals surface area contributed by atoms with Crippen LogP contribution >= 0.6 is 0 Å². The second-order valence-electron chi connectivity index (χ2n) is 4.02. The van der Waals surface area contributed by atoms with Gasteiger partial charge in [-0.15, -0.1) is 0 Å². The fourth-order valence-corrected chi connectivity index (χ4v) is 1.69. The normalized spacial score (nSPS) is 10.2. The monoisotopic (exact) mass is 277 g/mol. The Morgan fingerprint density at radius 3 is 2.95 bits per heavy atom. The molecule has 2 aromatic heterocycles. The quantitative estimate of drug-likeness (QED) is 0.298. The Labute approximate surface area is 114 Å². The highest BCUT2D eigenvalue weighted by Gasteiger charge is 2.15. The Hall–Kier alpha value is -2.68. The van der Waals surface area contributed by atoms with E-state index in [1.165, 1.54) is 12.1 Å². The molecule has 0 aliphatic rings. The first-order chi connectivity index (χ1) is 9.70.